The van der Waals surface area contributed by atoms with Crippen LogP contribution >= 0.6 is 11.3 Å². The second-order valence-corrected chi connectivity index (χ2v) is 8.56. The van der Waals surface area contributed by atoms with Crippen LogP contribution < -0.4 is 15.7 Å². The molecule has 0 saturated carbocycles. The highest BCUT2D eigenvalue weighted by Crippen LogP contribution is 2.26. The van der Waals surface area contributed by atoms with Crippen LogP contribution in [0.2, 0.25) is 0 Å². The average molecular weight is 415 g/mol. The first-order valence-corrected chi connectivity index (χ1v) is 10.4. The molecule has 29 heavy (non-hydrogen) atoms. The predicted octanol–water partition coefficient (Wildman–Crippen LogP) is 2.95. The number of thiazole rings is 1. The van der Waals surface area contributed by atoms with E-state index in [0.29, 0.717) is 5.56 Å². The molecule has 1 aromatic carbocycles. The molecule has 1 fully saturated rings. The van der Waals surface area contributed by atoms with Crippen molar-refractivity contribution in [1.82, 2.24) is 15.8 Å². The zero-order chi connectivity index (χ0) is 21.0. The number of amides is 2. The van der Waals surface area contributed by atoms with Crippen molar-refractivity contribution in [2.75, 3.05) is 11.4 Å². The van der Waals surface area contributed by atoms with E-state index in [-0.39, 0.29) is 24.1 Å². The van der Waals surface area contributed by atoms with Crippen LogP contribution in [0.1, 0.15) is 40.4 Å². The average Bonchev–Trinajstić information content (AvgIpc) is 3.03. The van der Waals surface area contributed by atoms with E-state index in [1.54, 1.807) is 28.9 Å². The number of anilines is 1. The fourth-order valence-corrected chi connectivity index (χ4v) is 4.40. The molecular weight excluding hydrogens is 388 g/mol. The zero-order valence-electron chi connectivity index (χ0n) is 16.7. The van der Waals surface area contributed by atoms with Crippen LogP contribution in [0, 0.1) is 13.8 Å². The minimum absolute atomic E-state index is 0.0279. The Hall–Kier alpha value is -2.71. The van der Waals surface area contributed by atoms with Crippen molar-refractivity contribution in [3.05, 3.63) is 52.0 Å². The lowest BCUT2D eigenvalue weighted by molar-refractivity contribution is -0.123. The Morgan fingerprint density at radius 3 is 2.62 bits per heavy atom. The van der Waals surface area contributed by atoms with Gasteiger partial charge in [0.1, 0.15) is 6.17 Å². The fraction of sp³-hybridized carbons (Fsp3) is 0.381. The summed E-state index contributed by atoms with van der Waals surface area (Å²) in [7, 11) is 0. The van der Waals surface area contributed by atoms with E-state index in [0.717, 1.165) is 47.1 Å². The van der Waals surface area contributed by atoms with Gasteiger partial charge in [-0.1, -0.05) is 18.7 Å². The number of piperidine rings is 1. The van der Waals surface area contributed by atoms with Crippen LogP contribution in [-0.2, 0) is 16.0 Å². The third-order valence-corrected chi connectivity index (χ3v) is 6.01. The molecule has 1 aromatic heterocycles. The lowest BCUT2D eigenvalue weighted by Crippen LogP contribution is -2.51. The van der Waals surface area contributed by atoms with Crippen molar-refractivity contribution >= 4 is 34.4 Å². The maximum atomic E-state index is 12.6. The minimum Gasteiger partial charge on any atom is -0.351 e. The number of rotatable bonds is 6. The lowest BCUT2D eigenvalue weighted by atomic mass is 10.0. The van der Waals surface area contributed by atoms with Crippen molar-refractivity contribution in [1.29, 1.82) is 0 Å². The SMILES string of the molecule is C=C(C(=O)NO)c1ccc(N2CCCCC2NC(=O)Cc2nc(C)sc2C)cc1. The van der Waals surface area contributed by atoms with Crippen molar-refractivity contribution < 1.29 is 14.8 Å². The van der Waals surface area contributed by atoms with Crippen LogP contribution in [0.25, 0.3) is 5.57 Å². The van der Waals surface area contributed by atoms with Crippen LogP contribution in [-0.4, -0.2) is 34.7 Å². The van der Waals surface area contributed by atoms with Gasteiger partial charge in [-0.05, 0) is 50.8 Å². The summed E-state index contributed by atoms with van der Waals surface area (Å²) in [6, 6.07) is 7.40. The van der Waals surface area contributed by atoms with Gasteiger partial charge in [-0.2, -0.15) is 0 Å². The summed E-state index contributed by atoms with van der Waals surface area (Å²) in [6.07, 6.45) is 3.20. The molecule has 1 unspecified atom stereocenters. The molecule has 1 aliphatic rings. The Balaban J connectivity index is 1.69. The number of aromatic nitrogens is 1. The first-order valence-electron chi connectivity index (χ1n) is 9.61. The van der Waals surface area contributed by atoms with Crippen molar-refractivity contribution in [2.45, 2.75) is 45.7 Å². The molecule has 2 aromatic rings. The van der Waals surface area contributed by atoms with Crippen LogP contribution in [0.5, 0.6) is 0 Å². The molecule has 7 nitrogen and oxygen atoms in total. The summed E-state index contributed by atoms with van der Waals surface area (Å²) < 4.78 is 0. The second-order valence-electron chi connectivity index (χ2n) is 7.15. The van der Waals surface area contributed by atoms with Crippen molar-refractivity contribution in [3.63, 3.8) is 0 Å². The topological polar surface area (TPSA) is 94.6 Å². The summed E-state index contributed by atoms with van der Waals surface area (Å²) in [5.74, 6) is -0.659. The smallest absolute Gasteiger partial charge is 0.274 e. The molecule has 1 aliphatic heterocycles. The van der Waals surface area contributed by atoms with Gasteiger partial charge in [0, 0.05) is 22.7 Å². The van der Waals surface area contributed by atoms with Gasteiger partial charge < -0.3 is 10.2 Å². The van der Waals surface area contributed by atoms with Crippen molar-refractivity contribution in [3.8, 4) is 0 Å². The maximum absolute atomic E-state index is 12.6. The van der Waals surface area contributed by atoms with E-state index in [4.69, 9.17) is 5.21 Å². The molecule has 0 bridgehead atoms. The monoisotopic (exact) mass is 414 g/mol. The highest BCUT2D eigenvalue weighted by atomic mass is 32.1. The fourth-order valence-electron chi connectivity index (χ4n) is 3.57. The van der Waals surface area contributed by atoms with Gasteiger partial charge in [0.25, 0.3) is 5.91 Å². The first kappa shape index (κ1) is 21.0. The standard InChI is InChI=1S/C21H26N4O3S/c1-13(21(27)24-28)16-7-9-17(10-8-16)25-11-5-4-6-19(25)23-20(26)12-18-14(2)29-15(3)22-18/h7-10,19,28H,1,4-6,11-12H2,2-3H3,(H,23,26)(H,24,27). The quantitative estimate of drug-likeness (QED) is 0.384. The summed E-state index contributed by atoms with van der Waals surface area (Å²) in [5.41, 5.74) is 4.23. The molecule has 8 heteroatoms. The molecule has 154 valence electrons. The molecular formula is C21H26N4O3S. The molecule has 0 spiro atoms. The van der Waals surface area contributed by atoms with E-state index >= 15 is 0 Å². The molecule has 0 aliphatic carbocycles. The number of hydrogen-bond acceptors (Lipinski definition) is 6. The minimum atomic E-state index is -0.631. The van der Waals surface area contributed by atoms with Gasteiger partial charge in [-0.15, -0.1) is 11.3 Å². The third kappa shape index (κ3) is 5.02. The largest absolute Gasteiger partial charge is 0.351 e. The third-order valence-electron chi connectivity index (χ3n) is 5.08. The number of carbonyl (C=O) groups excluding carboxylic acids is 2. The van der Waals surface area contributed by atoms with Crippen LogP contribution in [0.3, 0.4) is 0 Å². The number of carbonyl (C=O) groups is 2. The van der Waals surface area contributed by atoms with Gasteiger partial charge in [-0.3, -0.25) is 14.8 Å². The Morgan fingerprint density at radius 1 is 1.28 bits per heavy atom. The van der Waals surface area contributed by atoms with E-state index in [1.807, 2.05) is 26.0 Å². The number of nitrogens with one attached hydrogen (secondary N) is 2. The molecule has 2 amide bonds. The Kier molecular flexibility index (Phi) is 6.66. The van der Waals surface area contributed by atoms with Gasteiger partial charge in [-0.25, -0.2) is 10.5 Å². The molecule has 1 saturated heterocycles. The molecule has 1 atom stereocenters. The van der Waals surface area contributed by atoms with Gasteiger partial charge in [0.15, 0.2) is 0 Å². The van der Waals surface area contributed by atoms with E-state index in [2.05, 4.69) is 21.8 Å². The maximum Gasteiger partial charge on any atom is 0.274 e. The Morgan fingerprint density at radius 2 is 2.00 bits per heavy atom. The summed E-state index contributed by atoms with van der Waals surface area (Å²) in [6.45, 7) is 8.48. The Bertz CT molecular complexity index is 907. The van der Waals surface area contributed by atoms with Gasteiger partial charge in [0.05, 0.1) is 17.1 Å². The van der Waals surface area contributed by atoms with Crippen molar-refractivity contribution in [2.24, 2.45) is 0 Å². The van der Waals surface area contributed by atoms with Gasteiger partial charge >= 0.3 is 0 Å². The molecule has 3 N–H and O–H groups in total. The second kappa shape index (κ2) is 9.19. The zero-order valence-corrected chi connectivity index (χ0v) is 17.5. The number of hydrogen-bond donors (Lipinski definition) is 3. The first-order chi connectivity index (χ1) is 13.9. The normalized spacial score (nSPS) is 16.4. The number of benzene rings is 1. The van der Waals surface area contributed by atoms with Crippen LogP contribution in [0.4, 0.5) is 5.69 Å². The van der Waals surface area contributed by atoms with E-state index in [9.17, 15) is 9.59 Å². The summed E-state index contributed by atoms with van der Waals surface area (Å²) in [5, 5.41) is 12.9. The number of hydroxylamine groups is 1. The van der Waals surface area contributed by atoms with E-state index < -0.39 is 5.91 Å². The van der Waals surface area contributed by atoms with Crippen LogP contribution in [0.15, 0.2) is 30.8 Å². The lowest BCUT2D eigenvalue weighted by Gasteiger charge is -2.38. The van der Waals surface area contributed by atoms with E-state index in [1.165, 1.54) is 0 Å². The molecule has 0 radical (unpaired) electrons. The molecule has 3 rings (SSSR count). The number of aryl methyl sites for hydroxylation is 2. The molecule has 2 heterocycles. The number of nitrogens with zero attached hydrogens (tertiary/aromatic N) is 2. The summed E-state index contributed by atoms with van der Waals surface area (Å²) in [4.78, 5) is 31.9. The predicted molar refractivity (Wildman–Crippen MR) is 114 cm³/mol. The van der Waals surface area contributed by atoms with Gasteiger partial charge in [0.2, 0.25) is 5.91 Å². The Labute approximate surface area is 174 Å². The highest BCUT2D eigenvalue weighted by Gasteiger charge is 2.25. The summed E-state index contributed by atoms with van der Waals surface area (Å²) >= 11 is 1.61. The highest BCUT2D eigenvalue weighted by molar-refractivity contribution is 7.11.